The molecule has 2 aromatic heterocycles. The van der Waals surface area contributed by atoms with Gasteiger partial charge in [-0.3, -0.25) is 0 Å². The maximum Gasteiger partial charge on any atom is 0.351 e. The number of anilines is 1. The predicted molar refractivity (Wildman–Crippen MR) is 90.8 cm³/mol. The maximum atomic E-state index is 11.6. The number of hydrogen-bond acceptors (Lipinski definition) is 6. The molecule has 7 heteroatoms. The summed E-state index contributed by atoms with van der Waals surface area (Å²) in [6.45, 7) is 3.21. The number of likely N-dealkylation sites (tertiary alicyclic amines) is 1. The number of thiophene rings is 1. The number of carboxylic acid groups (broad SMARTS) is 1. The zero-order valence-corrected chi connectivity index (χ0v) is 14.1. The van der Waals surface area contributed by atoms with E-state index in [4.69, 9.17) is 9.52 Å². The Labute approximate surface area is 137 Å². The van der Waals surface area contributed by atoms with Gasteiger partial charge in [0.2, 0.25) is 0 Å². The summed E-state index contributed by atoms with van der Waals surface area (Å²) in [5.41, 5.74) is -0.661. The van der Waals surface area contributed by atoms with E-state index in [1.807, 2.05) is 13.1 Å². The molecule has 6 nitrogen and oxygen atoms in total. The van der Waals surface area contributed by atoms with Crippen LogP contribution in [0.4, 0.5) is 5.00 Å². The van der Waals surface area contributed by atoms with E-state index in [0.717, 1.165) is 24.6 Å². The van der Waals surface area contributed by atoms with Crippen molar-refractivity contribution in [2.24, 2.45) is 5.92 Å². The van der Waals surface area contributed by atoms with Gasteiger partial charge >= 0.3 is 11.6 Å². The van der Waals surface area contributed by atoms with Crippen LogP contribution in [0, 0.1) is 5.92 Å². The van der Waals surface area contributed by atoms with Crippen LogP contribution in [0.2, 0.25) is 0 Å². The Balaban J connectivity index is 1.79. The molecular weight excluding hydrogens is 316 g/mol. The first-order valence-electron chi connectivity index (χ1n) is 7.64. The molecule has 23 heavy (non-hydrogen) atoms. The summed E-state index contributed by atoms with van der Waals surface area (Å²) in [5.74, 6) is -0.599. The summed E-state index contributed by atoms with van der Waals surface area (Å²) < 4.78 is 5.82. The summed E-state index contributed by atoms with van der Waals surface area (Å²) in [5, 5.41) is 10.00. The minimum absolute atomic E-state index is 0.316. The molecule has 0 spiro atoms. The molecule has 3 heterocycles. The summed E-state index contributed by atoms with van der Waals surface area (Å²) in [7, 11) is 4.17. The van der Waals surface area contributed by atoms with Gasteiger partial charge in [0.1, 0.15) is 5.56 Å². The third-order valence-electron chi connectivity index (χ3n) is 4.39. The van der Waals surface area contributed by atoms with E-state index in [-0.39, 0.29) is 5.56 Å². The van der Waals surface area contributed by atoms with Crippen molar-refractivity contribution in [1.29, 1.82) is 0 Å². The molecule has 0 bridgehead atoms. The third-order valence-corrected chi connectivity index (χ3v) is 5.56. The third kappa shape index (κ3) is 3.40. The van der Waals surface area contributed by atoms with Gasteiger partial charge in [0.25, 0.3) is 0 Å². The molecule has 0 saturated carbocycles. The molecule has 0 radical (unpaired) electrons. The largest absolute Gasteiger partial charge is 0.477 e. The van der Waals surface area contributed by atoms with Gasteiger partial charge in [0, 0.05) is 19.7 Å². The van der Waals surface area contributed by atoms with Crippen molar-refractivity contribution in [1.82, 2.24) is 4.90 Å². The predicted octanol–water partition coefficient (Wildman–Crippen LogP) is 2.33. The fourth-order valence-corrected chi connectivity index (χ4v) is 3.96. The minimum Gasteiger partial charge on any atom is -0.477 e. The van der Waals surface area contributed by atoms with E-state index < -0.39 is 11.6 Å². The SMILES string of the molecule is CN1CCC(CN(C)c2cc3oc(=O)c(C(=O)O)cc3s2)CC1. The topological polar surface area (TPSA) is 74.0 Å². The lowest BCUT2D eigenvalue weighted by Crippen LogP contribution is -2.35. The van der Waals surface area contributed by atoms with Crippen LogP contribution in [-0.4, -0.2) is 49.7 Å². The van der Waals surface area contributed by atoms with Crippen LogP contribution >= 0.6 is 11.3 Å². The lowest BCUT2D eigenvalue weighted by Gasteiger charge is -2.31. The number of fused-ring (bicyclic) bond motifs is 1. The maximum absolute atomic E-state index is 11.6. The molecule has 1 fully saturated rings. The van der Waals surface area contributed by atoms with Crippen molar-refractivity contribution in [3.63, 3.8) is 0 Å². The highest BCUT2D eigenvalue weighted by molar-refractivity contribution is 7.22. The fourth-order valence-electron chi connectivity index (χ4n) is 2.96. The summed E-state index contributed by atoms with van der Waals surface area (Å²) in [6.07, 6.45) is 2.37. The van der Waals surface area contributed by atoms with E-state index in [1.54, 1.807) is 0 Å². The van der Waals surface area contributed by atoms with Crippen LogP contribution < -0.4 is 10.5 Å². The Hall–Kier alpha value is -1.86. The number of hydrogen-bond donors (Lipinski definition) is 1. The number of rotatable bonds is 4. The van der Waals surface area contributed by atoms with Gasteiger partial charge in [-0.1, -0.05) is 0 Å². The highest BCUT2D eigenvalue weighted by Crippen LogP contribution is 2.32. The number of aromatic carboxylic acids is 1. The summed E-state index contributed by atoms with van der Waals surface area (Å²) in [6, 6.07) is 3.23. The molecule has 0 aromatic carbocycles. The number of carboxylic acids is 1. The molecule has 1 aliphatic heterocycles. The molecule has 0 amide bonds. The Morgan fingerprint density at radius 3 is 2.78 bits per heavy atom. The van der Waals surface area contributed by atoms with Crippen LogP contribution in [-0.2, 0) is 0 Å². The van der Waals surface area contributed by atoms with Crippen LogP contribution in [0.5, 0.6) is 0 Å². The van der Waals surface area contributed by atoms with E-state index in [0.29, 0.717) is 16.2 Å². The van der Waals surface area contributed by atoms with Crippen LogP contribution in [0.3, 0.4) is 0 Å². The van der Waals surface area contributed by atoms with Crippen molar-refractivity contribution in [2.45, 2.75) is 12.8 Å². The van der Waals surface area contributed by atoms with Crippen molar-refractivity contribution in [2.75, 3.05) is 38.6 Å². The van der Waals surface area contributed by atoms with Crippen molar-refractivity contribution in [3.05, 3.63) is 28.1 Å². The minimum atomic E-state index is -1.25. The number of piperidine rings is 1. The summed E-state index contributed by atoms with van der Waals surface area (Å²) >= 11 is 1.45. The molecule has 0 aliphatic carbocycles. The monoisotopic (exact) mass is 336 g/mol. The molecule has 2 aromatic rings. The Morgan fingerprint density at radius 1 is 1.43 bits per heavy atom. The first-order chi connectivity index (χ1) is 10.9. The van der Waals surface area contributed by atoms with E-state index in [9.17, 15) is 9.59 Å². The Morgan fingerprint density at radius 2 is 2.13 bits per heavy atom. The second kappa shape index (κ2) is 6.33. The normalized spacial score (nSPS) is 16.8. The average molecular weight is 336 g/mol. The first kappa shape index (κ1) is 16.0. The standard InChI is InChI=1S/C16H20N2O4S/c1-17-5-3-10(4-6-17)9-18(2)14-8-12-13(23-14)7-11(15(19)20)16(21)22-12/h7-8,10H,3-6,9H2,1-2H3,(H,19,20). The second-order valence-corrected chi connectivity index (χ2v) is 7.26. The fraction of sp³-hybridized carbons (Fsp3) is 0.500. The van der Waals surface area contributed by atoms with Gasteiger partial charge < -0.3 is 19.3 Å². The van der Waals surface area contributed by atoms with Gasteiger partial charge in [-0.15, -0.1) is 11.3 Å². The molecule has 0 atom stereocenters. The Kier molecular flexibility index (Phi) is 4.41. The lowest BCUT2D eigenvalue weighted by atomic mass is 9.97. The van der Waals surface area contributed by atoms with E-state index in [1.165, 1.54) is 30.2 Å². The molecular formula is C16H20N2O4S. The van der Waals surface area contributed by atoms with Crippen LogP contribution in [0.1, 0.15) is 23.2 Å². The van der Waals surface area contributed by atoms with E-state index in [2.05, 4.69) is 16.8 Å². The molecule has 124 valence electrons. The highest BCUT2D eigenvalue weighted by Gasteiger charge is 2.20. The zero-order valence-electron chi connectivity index (χ0n) is 13.2. The van der Waals surface area contributed by atoms with Crippen molar-refractivity contribution in [3.8, 4) is 0 Å². The molecule has 3 rings (SSSR count). The molecule has 1 N–H and O–H groups in total. The molecule has 1 aliphatic rings. The number of nitrogens with zero attached hydrogens (tertiary/aromatic N) is 2. The van der Waals surface area contributed by atoms with Gasteiger partial charge in [-0.25, -0.2) is 9.59 Å². The van der Waals surface area contributed by atoms with Crippen molar-refractivity contribution < 1.29 is 14.3 Å². The van der Waals surface area contributed by atoms with Gasteiger partial charge in [0.15, 0.2) is 5.58 Å². The zero-order chi connectivity index (χ0) is 16.6. The summed E-state index contributed by atoms with van der Waals surface area (Å²) in [4.78, 5) is 27.2. The van der Waals surface area contributed by atoms with Crippen molar-refractivity contribution >= 4 is 32.6 Å². The number of carbonyl (C=O) groups is 1. The van der Waals surface area contributed by atoms with Gasteiger partial charge in [0.05, 0.1) is 9.70 Å². The molecule has 0 unspecified atom stereocenters. The Bertz CT molecular complexity index is 774. The van der Waals surface area contributed by atoms with Crippen LogP contribution in [0.15, 0.2) is 21.3 Å². The average Bonchev–Trinajstić information content (AvgIpc) is 2.91. The van der Waals surface area contributed by atoms with Gasteiger partial charge in [-0.2, -0.15) is 0 Å². The van der Waals surface area contributed by atoms with Gasteiger partial charge in [-0.05, 0) is 45.0 Å². The lowest BCUT2D eigenvalue weighted by molar-refractivity contribution is 0.0692. The van der Waals surface area contributed by atoms with E-state index >= 15 is 0 Å². The highest BCUT2D eigenvalue weighted by atomic mass is 32.1. The quantitative estimate of drug-likeness (QED) is 0.924. The second-order valence-electron chi connectivity index (χ2n) is 6.19. The first-order valence-corrected chi connectivity index (χ1v) is 8.46. The smallest absolute Gasteiger partial charge is 0.351 e. The van der Waals surface area contributed by atoms with Crippen LogP contribution in [0.25, 0.3) is 10.3 Å². The molecule has 1 saturated heterocycles.